The first-order valence-electron chi connectivity index (χ1n) is 9.39. The van der Waals surface area contributed by atoms with E-state index in [1.54, 1.807) is 12.3 Å². The van der Waals surface area contributed by atoms with Crippen LogP contribution in [0.15, 0.2) is 60.8 Å². The number of hydrogen-bond acceptors (Lipinski definition) is 4. The van der Waals surface area contributed by atoms with E-state index in [4.69, 9.17) is 11.6 Å². The van der Waals surface area contributed by atoms with Gasteiger partial charge in [-0.3, -0.25) is 9.69 Å². The number of rotatable bonds is 5. The van der Waals surface area contributed by atoms with E-state index in [-0.39, 0.29) is 17.6 Å². The third kappa shape index (κ3) is 3.93. The molecule has 3 aromatic rings. The summed E-state index contributed by atoms with van der Waals surface area (Å²) in [5.41, 5.74) is 2.27. The SMILES string of the molecule is CC(c1ccccc1)N1CCC(NC(=O)c2cn(-c3ccccc3Cl)nn2)C1. The fraction of sp³-hybridized carbons (Fsp3) is 0.286. The van der Waals surface area contributed by atoms with Crippen molar-refractivity contribution in [3.05, 3.63) is 77.1 Å². The summed E-state index contributed by atoms with van der Waals surface area (Å²) in [4.78, 5) is 15.0. The van der Waals surface area contributed by atoms with Gasteiger partial charge in [-0.05, 0) is 31.0 Å². The topological polar surface area (TPSA) is 63.1 Å². The Morgan fingerprint density at radius 3 is 2.71 bits per heavy atom. The highest BCUT2D eigenvalue weighted by molar-refractivity contribution is 6.32. The molecule has 0 bridgehead atoms. The molecule has 1 saturated heterocycles. The lowest BCUT2D eigenvalue weighted by atomic mass is 10.1. The van der Waals surface area contributed by atoms with Crippen molar-refractivity contribution in [1.82, 2.24) is 25.2 Å². The van der Waals surface area contributed by atoms with Crippen molar-refractivity contribution in [2.24, 2.45) is 0 Å². The molecular formula is C21H22ClN5O. The number of carbonyl (C=O) groups is 1. The van der Waals surface area contributed by atoms with E-state index in [1.807, 2.05) is 24.3 Å². The van der Waals surface area contributed by atoms with E-state index in [2.05, 4.69) is 51.7 Å². The molecule has 28 heavy (non-hydrogen) atoms. The minimum Gasteiger partial charge on any atom is -0.347 e. The molecule has 1 aliphatic rings. The van der Waals surface area contributed by atoms with Gasteiger partial charge in [0.25, 0.3) is 5.91 Å². The number of likely N-dealkylation sites (tertiary alicyclic amines) is 1. The first-order valence-corrected chi connectivity index (χ1v) is 9.77. The molecule has 144 valence electrons. The molecule has 7 heteroatoms. The summed E-state index contributed by atoms with van der Waals surface area (Å²) < 4.78 is 1.52. The van der Waals surface area contributed by atoms with E-state index in [1.165, 1.54) is 10.2 Å². The second-order valence-corrected chi connectivity index (χ2v) is 7.45. The van der Waals surface area contributed by atoms with Crippen LogP contribution in [0.1, 0.15) is 35.4 Å². The van der Waals surface area contributed by atoms with Crippen LogP contribution in [0.4, 0.5) is 0 Å². The fourth-order valence-electron chi connectivity index (χ4n) is 3.58. The molecule has 0 aliphatic carbocycles. The van der Waals surface area contributed by atoms with E-state index < -0.39 is 0 Å². The standard InChI is InChI=1S/C21H22ClN5O/c1-15(16-7-3-2-4-8-16)26-12-11-17(13-26)23-21(28)19-14-27(25-24-19)20-10-6-5-9-18(20)22/h2-10,14-15,17H,11-13H2,1H3,(H,23,28). The smallest absolute Gasteiger partial charge is 0.273 e. The summed E-state index contributed by atoms with van der Waals surface area (Å²) in [6.07, 6.45) is 2.53. The van der Waals surface area contributed by atoms with Gasteiger partial charge in [-0.1, -0.05) is 59.3 Å². The van der Waals surface area contributed by atoms with Crippen LogP contribution >= 0.6 is 11.6 Å². The van der Waals surface area contributed by atoms with Crippen LogP contribution in [0.25, 0.3) is 5.69 Å². The Labute approximate surface area is 169 Å². The molecule has 2 aromatic carbocycles. The average molecular weight is 396 g/mol. The van der Waals surface area contributed by atoms with Crippen LogP contribution < -0.4 is 5.32 Å². The summed E-state index contributed by atoms with van der Waals surface area (Å²) in [5, 5.41) is 11.7. The predicted molar refractivity (Wildman–Crippen MR) is 109 cm³/mol. The van der Waals surface area contributed by atoms with Gasteiger partial charge in [-0.15, -0.1) is 5.10 Å². The van der Waals surface area contributed by atoms with Crippen molar-refractivity contribution in [3.63, 3.8) is 0 Å². The first-order chi connectivity index (χ1) is 13.6. The highest BCUT2D eigenvalue weighted by Gasteiger charge is 2.28. The number of para-hydroxylation sites is 1. The summed E-state index contributed by atoms with van der Waals surface area (Å²) in [5.74, 6) is -0.211. The van der Waals surface area contributed by atoms with Crippen molar-refractivity contribution in [3.8, 4) is 5.69 Å². The number of hydrogen-bond donors (Lipinski definition) is 1. The Kier molecular flexibility index (Phi) is 5.41. The molecule has 1 aliphatic heterocycles. The second kappa shape index (κ2) is 8.12. The van der Waals surface area contributed by atoms with E-state index in [0.717, 1.165) is 19.5 Å². The number of amides is 1. The van der Waals surface area contributed by atoms with Crippen LogP contribution in [0.3, 0.4) is 0 Å². The molecule has 1 fully saturated rings. The highest BCUT2D eigenvalue weighted by atomic mass is 35.5. The van der Waals surface area contributed by atoms with Gasteiger partial charge >= 0.3 is 0 Å². The minimum absolute atomic E-state index is 0.101. The van der Waals surface area contributed by atoms with Crippen LogP contribution in [-0.4, -0.2) is 44.9 Å². The minimum atomic E-state index is -0.211. The molecule has 0 radical (unpaired) electrons. The number of benzene rings is 2. The van der Waals surface area contributed by atoms with Gasteiger partial charge in [0.1, 0.15) is 0 Å². The van der Waals surface area contributed by atoms with Crippen molar-refractivity contribution < 1.29 is 4.79 Å². The number of aromatic nitrogens is 3. The number of nitrogens with one attached hydrogen (secondary N) is 1. The molecule has 2 unspecified atom stereocenters. The molecule has 2 heterocycles. The maximum atomic E-state index is 12.6. The molecule has 6 nitrogen and oxygen atoms in total. The van der Waals surface area contributed by atoms with E-state index >= 15 is 0 Å². The van der Waals surface area contributed by atoms with Crippen LogP contribution in [0.5, 0.6) is 0 Å². The van der Waals surface area contributed by atoms with E-state index in [0.29, 0.717) is 16.8 Å². The summed E-state index contributed by atoms with van der Waals surface area (Å²) in [6.45, 7) is 3.97. The average Bonchev–Trinajstić information content (AvgIpc) is 3.38. The Hall–Kier alpha value is -2.70. The van der Waals surface area contributed by atoms with Crippen molar-refractivity contribution in [2.75, 3.05) is 13.1 Å². The Bertz CT molecular complexity index is 958. The third-order valence-corrected chi connectivity index (χ3v) is 5.53. The van der Waals surface area contributed by atoms with Gasteiger partial charge in [0, 0.05) is 25.2 Å². The normalized spacial score (nSPS) is 18.1. The van der Waals surface area contributed by atoms with Crippen molar-refractivity contribution >= 4 is 17.5 Å². The van der Waals surface area contributed by atoms with Crippen LogP contribution in [0, 0.1) is 0 Å². The molecule has 2 atom stereocenters. The summed E-state index contributed by atoms with van der Waals surface area (Å²) >= 11 is 6.19. The molecule has 1 amide bonds. The summed E-state index contributed by atoms with van der Waals surface area (Å²) in [7, 11) is 0. The molecule has 1 N–H and O–H groups in total. The molecule has 0 saturated carbocycles. The Morgan fingerprint density at radius 2 is 1.93 bits per heavy atom. The monoisotopic (exact) mass is 395 g/mol. The number of halogens is 1. The van der Waals surface area contributed by atoms with Gasteiger partial charge in [0.05, 0.1) is 16.9 Å². The number of nitrogens with zero attached hydrogens (tertiary/aromatic N) is 4. The maximum Gasteiger partial charge on any atom is 0.273 e. The van der Waals surface area contributed by atoms with Gasteiger partial charge in [0.2, 0.25) is 0 Å². The summed E-state index contributed by atoms with van der Waals surface area (Å²) in [6, 6.07) is 18.2. The number of carbonyl (C=O) groups excluding carboxylic acids is 1. The lowest BCUT2D eigenvalue weighted by Gasteiger charge is -2.24. The zero-order chi connectivity index (χ0) is 19.5. The zero-order valence-electron chi connectivity index (χ0n) is 15.6. The lowest BCUT2D eigenvalue weighted by Crippen LogP contribution is -2.37. The molecular weight excluding hydrogens is 374 g/mol. The van der Waals surface area contributed by atoms with Crippen molar-refractivity contribution in [1.29, 1.82) is 0 Å². The second-order valence-electron chi connectivity index (χ2n) is 7.04. The van der Waals surface area contributed by atoms with E-state index in [9.17, 15) is 4.79 Å². The van der Waals surface area contributed by atoms with Gasteiger partial charge in [-0.25, -0.2) is 4.68 Å². The highest BCUT2D eigenvalue weighted by Crippen LogP contribution is 2.24. The first kappa shape index (κ1) is 18.7. The largest absolute Gasteiger partial charge is 0.347 e. The zero-order valence-corrected chi connectivity index (χ0v) is 16.4. The molecule has 1 aromatic heterocycles. The lowest BCUT2D eigenvalue weighted by molar-refractivity contribution is 0.0931. The quantitative estimate of drug-likeness (QED) is 0.718. The van der Waals surface area contributed by atoms with Gasteiger partial charge < -0.3 is 5.32 Å². The Morgan fingerprint density at radius 1 is 1.18 bits per heavy atom. The molecule has 4 rings (SSSR count). The fourth-order valence-corrected chi connectivity index (χ4v) is 3.80. The Balaban J connectivity index is 1.38. The van der Waals surface area contributed by atoms with Crippen molar-refractivity contribution in [2.45, 2.75) is 25.4 Å². The maximum absolute atomic E-state index is 12.6. The third-order valence-electron chi connectivity index (χ3n) is 5.21. The predicted octanol–water partition coefficient (Wildman–Crippen LogP) is 3.49. The molecule has 0 spiro atoms. The van der Waals surface area contributed by atoms with Crippen LogP contribution in [-0.2, 0) is 0 Å². The van der Waals surface area contributed by atoms with Gasteiger partial charge in [-0.2, -0.15) is 0 Å². The van der Waals surface area contributed by atoms with Gasteiger partial charge in [0.15, 0.2) is 5.69 Å². The van der Waals surface area contributed by atoms with Crippen LogP contribution in [0.2, 0.25) is 5.02 Å².